The third-order valence-electron chi connectivity index (χ3n) is 4.15. The summed E-state index contributed by atoms with van der Waals surface area (Å²) >= 11 is 0. The van der Waals surface area contributed by atoms with E-state index in [1.165, 1.54) is 19.3 Å². The normalized spacial score (nSPS) is 29.2. The third-order valence-corrected chi connectivity index (χ3v) is 4.15. The highest BCUT2D eigenvalue weighted by Crippen LogP contribution is 2.30. The minimum Gasteiger partial charge on any atom is -0.325 e. The lowest BCUT2D eigenvalue weighted by atomic mass is 9.87. The van der Waals surface area contributed by atoms with Gasteiger partial charge in [0, 0.05) is 18.5 Å². The standard InChI is InChI=1S/C14H26N4/c1-3-9-18-13(16-11-17-18)10-14(15)7-4-5-12(2)6-8-14/h11-12H,3-10,15H2,1-2H3. The Balaban J connectivity index is 2.04. The molecule has 2 unspecified atom stereocenters. The smallest absolute Gasteiger partial charge is 0.138 e. The molecule has 0 aliphatic heterocycles. The van der Waals surface area contributed by atoms with Gasteiger partial charge in [0.1, 0.15) is 12.2 Å². The maximum Gasteiger partial charge on any atom is 0.138 e. The van der Waals surface area contributed by atoms with Crippen molar-refractivity contribution in [1.29, 1.82) is 0 Å². The van der Waals surface area contributed by atoms with Gasteiger partial charge in [-0.2, -0.15) is 5.10 Å². The molecule has 1 aliphatic rings. The van der Waals surface area contributed by atoms with Gasteiger partial charge in [0.05, 0.1) is 0 Å². The first-order valence-corrected chi connectivity index (χ1v) is 7.28. The third kappa shape index (κ3) is 3.31. The van der Waals surface area contributed by atoms with Gasteiger partial charge < -0.3 is 5.73 Å². The van der Waals surface area contributed by atoms with E-state index in [-0.39, 0.29) is 5.54 Å². The lowest BCUT2D eigenvalue weighted by Gasteiger charge is -2.27. The molecule has 1 aromatic rings. The Hall–Kier alpha value is -0.900. The number of nitrogens with two attached hydrogens (primary N) is 1. The van der Waals surface area contributed by atoms with Gasteiger partial charge in [-0.05, 0) is 31.6 Å². The van der Waals surface area contributed by atoms with Crippen molar-refractivity contribution in [2.45, 2.75) is 70.9 Å². The summed E-state index contributed by atoms with van der Waals surface area (Å²) in [5.74, 6) is 1.89. The molecule has 0 amide bonds. The van der Waals surface area contributed by atoms with Crippen LogP contribution in [-0.2, 0) is 13.0 Å². The number of hydrogen-bond donors (Lipinski definition) is 1. The second kappa shape index (κ2) is 5.83. The number of aromatic nitrogens is 3. The minimum atomic E-state index is -0.0662. The lowest BCUT2D eigenvalue weighted by Crippen LogP contribution is -2.42. The highest BCUT2D eigenvalue weighted by molar-refractivity contribution is 4.98. The minimum absolute atomic E-state index is 0.0662. The molecule has 0 saturated heterocycles. The van der Waals surface area contributed by atoms with E-state index in [2.05, 4.69) is 23.9 Å². The van der Waals surface area contributed by atoms with Crippen molar-refractivity contribution in [1.82, 2.24) is 14.8 Å². The highest BCUT2D eigenvalue weighted by Gasteiger charge is 2.30. The number of hydrogen-bond acceptors (Lipinski definition) is 3. The van der Waals surface area contributed by atoms with E-state index in [0.717, 1.165) is 44.0 Å². The molecule has 1 saturated carbocycles. The summed E-state index contributed by atoms with van der Waals surface area (Å²) in [6.45, 7) is 5.45. The Morgan fingerprint density at radius 1 is 1.44 bits per heavy atom. The summed E-state index contributed by atoms with van der Waals surface area (Å²) in [6.07, 6.45) is 9.68. The van der Waals surface area contributed by atoms with E-state index in [4.69, 9.17) is 5.73 Å². The Morgan fingerprint density at radius 3 is 3.06 bits per heavy atom. The molecule has 2 atom stereocenters. The fourth-order valence-corrected chi connectivity index (χ4v) is 2.92. The van der Waals surface area contributed by atoms with Gasteiger partial charge in [0.15, 0.2) is 0 Å². The fraction of sp³-hybridized carbons (Fsp3) is 0.857. The largest absolute Gasteiger partial charge is 0.325 e. The number of nitrogens with zero attached hydrogens (tertiary/aromatic N) is 3. The molecular weight excluding hydrogens is 224 g/mol. The Morgan fingerprint density at radius 2 is 2.28 bits per heavy atom. The molecule has 0 aromatic carbocycles. The summed E-state index contributed by atoms with van der Waals surface area (Å²) in [7, 11) is 0. The predicted molar refractivity (Wildman–Crippen MR) is 73.2 cm³/mol. The fourth-order valence-electron chi connectivity index (χ4n) is 2.92. The topological polar surface area (TPSA) is 56.7 Å². The molecule has 0 spiro atoms. The van der Waals surface area contributed by atoms with E-state index in [1.54, 1.807) is 6.33 Å². The predicted octanol–water partition coefficient (Wildman–Crippen LogP) is 2.53. The molecule has 18 heavy (non-hydrogen) atoms. The van der Waals surface area contributed by atoms with Crippen LogP contribution in [0.4, 0.5) is 0 Å². The van der Waals surface area contributed by atoms with Crippen LogP contribution < -0.4 is 5.73 Å². The average Bonchev–Trinajstić information content (AvgIpc) is 2.67. The lowest BCUT2D eigenvalue weighted by molar-refractivity contribution is 0.348. The van der Waals surface area contributed by atoms with Gasteiger partial charge in [-0.25, -0.2) is 4.98 Å². The van der Waals surface area contributed by atoms with E-state index in [0.29, 0.717) is 0 Å². The molecular formula is C14H26N4. The zero-order valence-corrected chi connectivity index (χ0v) is 11.7. The molecule has 2 rings (SSSR count). The van der Waals surface area contributed by atoms with Crippen molar-refractivity contribution in [3.63, 3.8) is 0 Å². The van der Waals surface area contributed by atoms with Crippen molar-refractivity contribution < 1.29 is 0 Å². The quantitative estimate of drug-likeness (QED) is 0.835. The number of aryl methyl sites for hydroxylation is 1. The zero-order valence-electron chi connectivity index (χ0n) is 11.7. The monoisotopic (exact) mass is 250 g/mol. The van der Waals surface area contributed by atoms with Crippen LogP contribution in [0.1, 0.15) is 58.2 Å². The van der Waals surface area contributed by atoms with Crippen molar-refractivity contribution in [2.75, 3.05) is 0 Å². The van der Waals surface area contributed by atoms with Crippen molar-refractivity contribution in [3.8, 4) is 0 Å². The van der Waals surface area contributed by atoms with Crippen LogP contribution in [0.15, 0.2) is 6.33 Å². The molecule has 1 aromatic heterocycles. The second-order valence-corrected chi connectivity index (χ2v) is 5.97. The highest BCUT2D eigenvalue weighted by atomic mass is 15.3. The summed E-state index contributed by atoms with van der Waals surface area (Å²) in [5, 5.41) is 4.29. The first-order chi connectivity index (χ1) is 8.63. The van der Waals surface area contributed by atoms with Crippen molar-refractivity contribution >= 4 is 0 Å². The Bertz CT molecular complexity index is 374. The first-order valence-electron chi connectivity index (χ1n) is 7.28. The van der Waals surface area contributed by atoms with Crippen LogP contribution in [0.5, 0.6) is 0 Å². The van der Waals surface area contributed by atoms with Gasteiger partial charge in [-0.15, -0.1) is 0 Å². The van der Waals surface area contributed by atoms with Crippen LogP contribution in [0, 0.1) is 5.92 Å². The van der Waals surface area contributed by atoms with E-state index < -0.39 is 0 Å². The van der Waals surface area contributed by atoms with E-state index in [9.17, 15) is 0 Å². The second-order valence-electron chi connectivity index (χ2n) is 5.97. The van der Waals surface area contributed by atoms with Gasteiger partial charge in [-0.3, -0.25) is 4.68 Å². The SMILES string of the molecule is CCCn1ncnc1CC1(N)CCCC(C)CC1. The summed E-state index contributed by atoms with van der Waals surface area (Å²) in [6, 6.07) is 0. The molecule has 0 radical (unpaired) electrons. The molecule has 0 bridgehead atoms. The summed E-state index contributed by atoms with van der Waals surface area (Å²) in [5.41, 5.74) is 6.53. The molecule has 2 N–H and O–H groups in total. The molecule has 4 heteroatoms. The molecule has 102 valence electrons. The average molecular weight is 250 g/mol. The molecule has 1 fully saturated rings. The summed E-state index contributed by atoms with van der Waals surface area (Å²) < 4.78 is 2.02. The zero-order chi connectivity index (χ0) is 13.0. The van der Waals surface area contributed by atoms with Crippen LogP contribution >= 0.6 is 0 Å². The summed E-state index contributed by atoms with van der Waals surface area (Å²) in [4.78, 5) is 4.40. The molecule has 1 aliphatic carbocycles. The van der Waals surface area contributed by atoms with E-state index in [1.807, 2.05) is 4.68 Å². The Kier molecular flexibility index (Phi) is 4.38. The van der Waals surface area contributed by atoms with Crippen molar-refractivity contribution in [3.05, 3.63) is 12.2 Å². The first kappa shape index (κ1) is 13.5. The maximum absolute atomic E-state index is 6.60. The van der Waals surface area contributed by atoms with Gasteiger partial charge in [-0.1, -0.05) is 26.7 Å². The van der Waals surface area contributed by atoms with Crippen LogP contribution in [0.3, 0.4) is 0 Å². The molecule has 4 nitrogen and oxygen atoms in total. The van der Waals surface area contributed by atoms with Crippen LogP contribution in [0.2, 0.25) is 0 Å². The van der Waals surface area contributed by atoms with E-state index >= 15 is 0 Å². The van der Waals surface area contributed by atoms with Crippen molar-refractivity contribution in [2.24, 2.45) is 11.7 Å². The Labute approximate surface area is 110 Å². The van der Waals surface area contributed by atoms with Gasteiger partial charge in [0.25, 0.3) is 0 Å². The van der Waals surface area contributed by atoms with Crippen LogP contribution in [0.25, 0.3) is 0 Å². The molecule has 1 heterocycles. The van der Waals surface area contributed by atoms with Gasteiger partial charge in [0.2, 0.25) is 0 Å². The van der Waals surface area contributed by atoms with Gasteiger partial charge >= 0.3 is 0 Å². The maximum atomic E-state index is 6.60. The van der Waals surface area contributed by atoms with Crippen LogP contribution in [-0.4, -0.2) is 20.3 Å². The number of rotatable bonds is 4.